The molecule has 6 heteroatoms. The number of imide groups is 1. The Kier molecular flexibility index (Phi) is 4.02. The maximum atomic E-state index is 12.6. The van der Waals surface area contributed by atoms with Crippen LogP contribution >= 0.6 is 15.9 Å². The summed E-state index contributed by atoms with van der Waals surface area (Å²) in [6.45, 7) is 1.69. The van der Waals surface area contributed by atoms with E-state index in [9.17, 15) is 14.4 Å². The Bertz CT molecular complexity index is 743. The zero-order valence-corrected chi connectivity index (χ0v) is 15.4. The summed E-state index contributed by atoms with van der Waals surface area (Å²) in [7, 11) is 0. The van der Waals surface area contributed by atoms with E-state index in [4.69, 9.17) is 0 Å². The number of hydrogen-bond acceptors (Lipinski definition) is 3. The van der Waals surface area contributed by atoms with Crippen LogP contribution in [0.3, 0.4) is 0 Å². The number of halogens is 1. The Morgan fingerprint density at radius 1 is 1.16 bits per heavy atom. The molecule has 0 spiro atoms. The van der Waals surface area contributed by atoms with Crippen molar-refractivity contribution in [2.24, 2.45) is 23.7 Å². The molecule has 1 aromatic carbocycles. The second-order valence-electron chi connectivity index (χ2n) is 7.10. The van der Waals surface area contributed by atoms with E-state index >= 15 is 0 Å². The summed E-state index contributed by atoms with van der Waals surface area (Å²) in [6, 6.07) is 7.49. The van der Waals surface area contributed by atoms with Crippen LogP contribution in [-0.2, 0) is 14.4 Å². The van der Waals surface area contributed by atoms with Crippen molar-refractivity contribution in [3.05, 3.63) is 46.5 Å². The first kappa shape index (κ1) is 16.5. The summed E-state index contributed by atoms with van der Waals surface area (Å²) >= 11 is 3.38. The molecule has 4 rings (SSSR count). The molecular formula is C19H19BrN2O3. The third kappa shape index (κ3) is 2.72. The minimum atomic E-state index is -0.308. The molecule has 5 atom stereocenters. The average Bonchev–Trinajstić information content (AvgIpc) is 3.25. The summed E-state index contributed by atoms with van der Waals surface area (Å²) in [4.78, 5) is 38.7. The number of allylic oxidation sites excluding steroid dienone is 2. The largest absolute Gasteiger partial charge is 0.348 e. The van der Waals surface area contributed by atoms with Crippen LogP contribution in [0.1, 0.15) is 24.9 Å². The number of fused-ring (bicyclic) bond motifs is 5. The number of nitrogens with zero attached hydrogens (tertiary/aromatic N) is 1. The van der Waals surface area contributed by atoms with Crippen LogP contribution in [0.15, 0.2) is 40.9 Å². The summed E-state index contributed by atoms with van der Waals surface area (Å²) in [6.07, 6.45) is 5.00. The average molecular weight is 403 g/mol. The Morgan fingerprint density at radius 3 is 2.28 bits per heavy atom. The fraction of sp³-hybridized carbons (Fsp3) is 0.421. The monoisotopic (exact) mass is 402 g/mol. The lowest BCUT2D eigenvalue weighted by Crippen LogP contribution is -2.42. The van der Waals surface area contributed by atoms with Gasteiger partial charge in [0.1, 0.15) is 6.54 Å². The fourth-order valence-corrected chi connectivity index (χ4v) is 4.65. The Hall–Kier alpha value is -1.95. The van der Waals surface area contributed by atoms with Crippen LogP contribution < -0.4 is 5.32 Å². The van der Waals surface area contributed by atoms with Crippen LogP contribution in [0.25, 0.3) is 0 Å². The topological polar surface area (TPSA) is 66.5 Å². The highest BCUT2D eigenvalue weighted by Gasteiger charge is 2.59. The van der Waals surface area contributed by atoms with E-state index in [-0.39, 0.29) is 54.0 Å². The van der Waals surface area contributed by atoms with Crippen molar-refractivity contribution in [3.8, 4) is 0 Å². The van der Waals surface area contributed by atoms with Crippen molar-refractivity contribution in [2.45, 2.75) is 19.4 Å². The van der Waals surface area contributed by atoms with Gasteiger partial charge in [-0.2, -0.15) is 0 Å². The van der Waals surface area contributed by atoms with Gasteiger partial charge in [0.2, 0.25) is 17.7 Å². The van der Waals surface area contributed by atoms with Gasteiger partial charge >= 0.3 is 0 Å². The number of hydrogen-bond donors (Lipinski definition) is 1. The molecule has 5 nitrogen and oxygen atoms in total. The smallest absolute Gasteiger partial charge is 0.240 e. The highest BCUT2D eigenvalue weighted by atomic mass is 79.9. The minimum absolute atomic E-state index is 0.168. The lowest BCUT2D eigenvalue weighted by atomic mass is 9.85. The van der Waals surface area contributed by atoms with Crippen molar-refractivity contribution >= 4 is 33.7 Å². The van der Waals surface area contributed by atoms with Gasteiger partial charge in [-0.15, -0.1) is 0 Å². The van der Waals surface area contributed by atoms with Gasteiger partial charge in [0.15, 0.2) is 0 Å². The van der Waals surface area contributed by atoms with Gasteiger partial charge in [0, 0.05) is 4.47 Å². The Morgan fingerprint density at radius 2 is 1.72 bits per heavy atom. The standard InChI is InChI=1S/C19H19BrN2O3/c1-10(11-4-6-14(20)7-5-11)21-15(23)9-22-18(24)16-12-2-3-13(8-12)17(16)19(22)25/h2-7,10,12-13,16-17H,8-9H2,1H3,(H,21,23). The predicted molar refractivity (Wildman–Crippen MR) is 95.1 cm³/mol. The second-order valence-corrected chi connectivity index (χ2v) is 8.02. The third-order valence-electron chi connectivity index (χ3n) is 5.61. The highest BCUT2D eigenvalue weighted by Crippen LogP contribution is 2.52. The van der Waals surface area contributed by atoms with Crippen LogP contribution in [0, 0.1) is 23.7 Å². The van der Waals surface area contributed by atoms with Crippen LogP contribution in [0.4, 0.5) is 0 Å². The van der Waals surface area contributed by atoms with Crippen LogP contribution in [0.5, 0.6) is 0 Å². The van der Waals surface area contributed by atoms with E-state index in [0.717, 1.165) is 21.4 Å². The fourth-order valence-electron chi connectivity index (χ4n) is 4.39. The van der Waals surface area contributed by atoms with Crippen molar-refractivity contribution in [1.29, 1.82) is 0 Å². The minimum Gasteiger partial charge on any atom is -0.348 e. The quantitative estimate of drug-likeness (QED) is 0.621. The molecule has 2 bridgehead atoms. The van der Waals surface area contributed by atoms with E-state index in [1.807, 2.05) is 31.2 Å². The Balaban J connectivity index is 1.41. The van der Waals surface area contributed by atoms with Gasteiger partial charge in [-0.25, -0.2) is 0 Å². The summed E-state index contributed by atoms with van der Waals surface area (Å²) < 4.78 is 0.970. The van der Waals surface area contributed by atoms with Crippen molar-refractivity contribution in [2.75, 3.05) is 6.54 Å². The lowest BCUT2D eigenvalue weighted by molar-refractivity contribution is -0.144. The molecule has 1 saturated carbocycles. The molecule has 3 amide bonds. The maximum absolute atomic E-state index is 12.6. The second kappa shape index (κ2) is 6.09. The zero-order chi connectivity index (χ0) is 17.7. The van der Waals surface area contributed by atoms with Crippen molar-refractivity contribution < 1.29 is 14.4 Å². The summed E-state index contributed by atoms with van der Waals surface area (Å²) in [5.41, 5.74) is 0.967. The number of likely N-dealkylation sites (tertiary alicyclic amines) is 1. The van der Waals surface area contributed by atoms with Gasteiger partial charge in [0.05, 0.1) is 17.9 Å². The normalized spacial score (nSPS) is 30.7. The molecule has 2 aliphatic carbocycles. The van der Waals surface area contributed by atoms with Gasteiger partial charge in [-0.05, 0) is 42.9 Å². The molecule has 1 N–H and O–H groups in total. The number of nitrogens with one attached hydrogen (secondary N) is 1. The first-order valence-corrected chi connectivity index (χ1v) is 9.33. The molecular weight excluding hydrogens is 384 g/mol. The highest BCUT2D eigenvalue weighted by molar-refractivity contribution is 9.10. The lowest BCUT2D eigenvalue weighted by Gasteiger charge is -2.19. The number of rotatable bonds is 4. The van der Waals surface area contributed by atoms with Gasteiger partial charge in [-0.3, -0.25) is 19.3 Å². The number of amides is 3. The van der Waals surface area contributed by atoms with Crippen LogP contribution in [0.2, 0.25) is 0 Å². The number of carbonyl (C=O) groups excluding carboxylic acids is 3. The maximum Gasteiger partial charge on any atom is 0.240 e. The molecule has 5 unspecified atom stereocenters. The Labute approximate surface area is 154 Å². The zero-order valence-electron chi connectivity index (χ0n) is 13.8. The van der Waals surface area contributed by atoms with E-state index in [1.54, 1.807) is 0 Å². The molecule has 130 valence electrons. The van der Waals surface area contributed by atoms with E-state index < -0.39 is 0 Å². The first-order valence-electron chi connectivity index (χ1n) is 8.54. The molecule has 0 aromatic heterocycles. The SMILES string of the molecule is CC(NC(=O)CN1C(=O)C2C3C=CC(C3)C2C1=O)c1ccc(Br)cc1. The van der Waals surface area contributed by atoms with Gasteiger partial charge < -0.3 is 5.32 Å². The molecule has 1 aliphatic heterocycles. The van der Waals surface area contributed by atoms with E-state index in [1.165, 1.54) is 0 Å². The van der Waals surface area contributed by atoms with Crippen LogP contribution in [-0.4, -0.2) is 29.2 Å². The predicted octanol–water partition coefficient (Wildman–Crippen LogP) is 2.43. The third-order valence-corrected chi connectivity index (χ3v) is 6.14. The molecule has 2 fully saturated rings. The molecule has 1 saturated heterocycles. The number of carbonyl (C=O) groups is 3. The number of benzene rings is 1. The van der Waals surface area contributed by atoms with E-state index in [2.05, 4.69) is 33.4 Å². The van der Waals surface area contributed by atoms with Crippen molar-refractivity contribution in [3.63, 3.8) is 0 Å². The van der Waals surface area contributed by atoms with E-state index in [0.29, 0.717) is 0 Å². The summed E-state index contributed by atoms with van der Waals surface area (Å²) in [5.74, 6) is -0.838. The molecule has 3 aliphatic rings. The molecule has 1 aromatic rings. The molecule has 1 heterocycles. The van der Waals surface area contributed by atoms with Gasteiger partial charge in [-0.1, -0.05) is 40.2 Å². The first-order chi connectivity index (χ1) is 12.0. The molecule has 25 heavy (non-hydrogen) atoms. The summed E-state index contributed by atoms with van der Waals surface area (Å²) in [5, 5.41) is 2.87. The van der Waals surface area contributed by atoms with Crippen molar-refractivity contribution in [1.82, 2.24) is 10.2 Å². The molecule has 0 radical (unpaired) electrons. The van der Waals surface area contributed by atoms with Gasteiger partial charge in [0.25, 0.3) is 0 Å².